The second-order valence-electron chi connectivity index (χ2n) is 7.20. The molecule has 1 aliphatic heterocycles. The van der Waals surface area contributed by atoms with E-state index in [9.17, 15) is 4.79 Å². The third-order valence-electron chi connectivity index (χ3n) is 5.24. The van der Waals surface area contributed by atoms with E-state index in [1.165, 1.54) is 19.3 Å². The van der Waals surface area contributed by atoms with Gasteiger partial charge in [-0.2, -0.15) is 5.10 Å². The van der Waals surface area contributed by atoms with Gasteiger partial charge in [-0.05, 0) is 19.3 Å². The highest BCUT2D eigenvalue weighted by Gasteiger charge is 2.31. The Morgan fingerprint density at radius 2 is 2.12 bits per heavy atom. The van der Waals surface area contributed by atoms with Gasteiger partial charge in [0.05, 0.1) is 6.20 Å². The van der Waals surface area contributed by atoms with Gasteiger partial charge in [0.15, 0.2) is 5.96 Å². The molecular weight excluding hydrogens is 316 g/mol. The molecule has 0 radical (unpaired) electrons. The van der Waals surface area contributed by atoms with Crippen LogP contribution < -0.4 is 10.6 Å². The lowest BCUT2D eigenvalue weighted by Crippen LogP contribution is -2.45. The van der Waals surface area contributed by atoms with E-state index >= 15 is 0 Å². The first-order valence-electron chi connectivity index (χ1n) is 9.39. The number of aliphatic imine (C=N–C) groups is 1. The van der Waals surface area contributed by atoms with Crippen molar-refractivity contribution in [1.29, 1.82) is 0 Å². The molecule has 2 N–H and O–H groups in total. The molecule has 1 aliphatic carbocycles. The first-order valence-corrected chi connectivity index (χ1v) is 9.39. The zero-order chi connectivity index (χ0) is 17.6. The van der Waals surface area contributed by atoms with Gasteiger partial charge in [0, 0.05) is 57.4 Å². The van der Waals surface area contributed by atoms with Crippen LogP contribution in [0.4, 0.5) is 0 Å². The zero-order valence-electron chi connectivity index (χ0n) is 15.4. The Morgan fingerprint density at radius 3 is 2.80 bits per heavy atom. The van der Waals surface area contributed by atoms with Gasteiger partial charge in [0.2, 0.25) is 5.91 Å². The predicted molar refractivity (Wildman–Crippen MR) is 98.1 cm³/mol. The monoisotopic (exact) mass is 346 g/mol. The number of carbonyl (C=O) groups excluding carboxylic acids is 1. The maximum absolute atomic E-state index is 12.7. The number of aromatic nitrogens is 2. The molecule has 0 bridgehead atoms. The fourth-order valence-corrected chi connectivity index (χ4v) is 3.82. The molecule has 2 aliphatic rings. The van der Waals surface area contributed by atoms with E-state index < -0.39 is 0 Å². The van der Waals surface area contributed by atoms with Crippen molar-refractivity contribution in [2.24, 2.45) is 18.0 Å². The normalized spacial score (nSPS) is 22.2. The molecule has 2 heterocycles. The number of amides is 1. The smallest absolute Gasteiger partial charge is 0.225 e. The average molecular weight is 346 g/mol. The van der Waals surface area contributed by atoms with E-state index in [1.807, 2.05) is 24.3 Å². The van der Waals surface area contributed by atoms with Gasteiger partial charge in [0.25, 0.3) is 0 Å². The lowest BCUT2D eigenvalue weighted by Gasteiger charge is -2.26. The van der Waals surface area contributed by atoms with Gasteiger partial charge in [-0.15, -0.1) is 0 Å². The van der Waals surface area contributed by atoms with Crippen molar-refractivity contribution in [2.45, 2.75) is 51.1 Å². The number of carbonyl (C=O) groups is 1. The van der Waals surface area contributed by atoms with Gasteiger partial charge < -0.3 is 15.5 Å². The van der Waals surface area contributed by atoms with Crippen LogP contribution in [0, 0.1) is 5.92 Å². The lowest BCUT2D eigenvalue weighted by atomic mass is 9.88. The van der Waals surface area contributed by atoms with Crippen LogP contribution in [0.2, 0.25) is 0 Å². The van der Waals surface area contributed by atoms with Crippen molar-refractivity contribution in [3.05, 3.63) is 18.0 Å². The Labute approximate surface area is 149 Å². The second-order valence-corrected chi connectivity index (χ2v) is 7.20. The molecule has 138 valence electrons. The third kappa shape index (κ3) is 4.74. The molecule has 0 spiro atoms. The van der Waals surface area contributed by atoms with Crippen molar-refractivity contribution in [2.75, 3.05) is 20.1 Å². The summed E-state index contributed by atoms with van der Waals surface area (Å²) in [5, 5.41) is 10.9. The summed E-state index contributed by atoms with van der Waals surface area (Å²) in [6.07, 6.45) is 10.6. The Hall–Kier alpha value is -2.05. The largest absolute Gasteiger partial charge is 0.352 e. The Morgan fingerprint density at radius 1 is 1.32 bits per heavy atom. The number of guanidine groups is 1. The molecule has 1 saturated carbocycles. The molecule has 1 saturated heterocycles. The fraction of sp³-hybridized carbons (Fsp3) is 0.722. The zero-order valence-corrected chi connectivity index (χ0v) is 15.4. The summed E-state index contributed by atoms with van der Waals surface area (Å²) in [4.78, 5) is 19.0. The van der Waals surface area contributed by atoms with E-state index in [2.05, 4.69) is 20.7 Å². The molecule has 2 fully saturated rings. The molecular formula is C18H30N6O. The standard InChI is InChI=1S/C18H30N6O/c1-19-18(20-10-14-11-21-23(2)12-14)22-16-8-9-24(13-16)17(25)15-6-4-3-5-7-15/h11-12,15-16H,3-10,13H2,1-2H3,(H2,19,20,22). The summed E-state index contributed by atoms with van der Waals surface area (Å²) in [6, 6.07) is 0.271. The summed E-state index contributed by atoms with van der Waals surface area (Å²) in [5.74, 6) is 1.40. The second kappa shape index (κ2) is 8.36. The van der Waals surface area contributed by atoms with Crippen molar-refractivity contribution in [1.82, 2.24) is 25.3 Å². The summed E-state index contributed by atoms with van der Waals surface area (Å²) in [6.45, 7) is 2.32. The molecule has 1 unspecified atom stereocenters. The predicted octanol–water partition coefficient (Wildman–Crippen LogP) is 1.27. The van der Waals surface area contributed by atoms with Crippen LogP contribution in [0.5, 0.6) is 0 Å². The quantitative estimate of drug-likeness (QED) is 0.636. The van der Waals surface area contributed by atoms with Gasteiger partial charge in [-0.25, -0.2) is 0 Å². The molecule has 3 rings (SSSR count). The number of hydrogen-bond donors (Lipinski definition) is 2. The van der Waals surface area contributed by atoms with Gasteiger partial charge in [-0.3, -0.25) is 14.5 Å². The van der Waals surface area contributed by atoms with Gasteiger partial charge in [-0.1, -0.05) is 19.3 Å². The SMILES string of the molecule is CN=C(NCc1cnn(C)c1)NC1CCN(C(=O)C2CCCCC2)C1. The number of likely N-dealkylation sites (tertiary alicyclic amines) is 1. The van der Waals surface area contributed by atoms with Crippen molar-refractivity contribution in [3.63, 3.8) is 0 Å². The molecule has 1 aromatic rings. The average Bonchev–Trinajstić information content (AvgIpc) is 3.27. The van der Waals surface area contributed by atoms with Crippen LogP contribution in [0.25, 0.3) is 0 Å². The lowest BCUT2D eigenvalue weighted by molar-refractivity contribution is -0.135. The Bertz CT molecular complexity index is 604. The van der Waals surface area contributed by atoms with E-state index in [4.69, 9.17) is 0 Å². The molecule has 0 aromatic carbocycles. The van der Waals surface area contributed by atoms with Crippen LogP contribution >= 0.6 is 0 Å². The summed E-state index contributed by atoms with van der Waals surface area (Å²) in [7, 11) is 3.69. The number of hydrogen-bond acceptors (Lipinski definition) is 3. The van der Waals surface area contributed by atoms with Crippen molar-refractivity contribution in [3.8, 4) is 0 Å². The van der Waals surface area contributed by atoms with E-state index in [1.54, 1.807) is 11.7 Å². The fourth-order valence-electron chi connectivity index (χ4n) is 3.82. The minimum Gasteiger partial charge on any atom is -0.352 e. The maximum atomic E-state index is 12.7. The highest BCUT2D eigenvalue weighted by atomic mass is 16.2. The minimum absolute atomic E-state index is 0.260. The van der Waals surface area contributed by atoms with E-state index in [-0.39, 0.29) is 12.0 Å². The Balaban J connectivity index is 1.45. The highest BCUT2D eigenvalue weighted by Crippen LogP contribution is 2.26. The number of nitrogens with zero attached hydrogens (tertiary/aromatic N) is 4. The highest BCUT2D eigenvalue weighted by molar-refractivity contribution is 5.81. The molecule has 1 amide bonds. The minimum atomic E-state index is 0.260. The van der Waals surface area contributed by atoms with E-state index in [0.717, 1.165) is 43.9 Å². The van der Waals surface area contributed by atoms with Crippen molar-refractivity contribution < 1.29 is 4.79 Å². The summed E-state index contributed by atoms with van der Waals surface area (Å²) in [5.41, 5.74) is 1.12. The van der Waals surface area contributed by atoms with Gasteiger partial charge >= 0.3 is 0 Å². The third-order valence-corrected chi connectivity index (χ3v) is 5.24. The number of aryl methyl sites for hydroxylation is 1. The molecule has 1 atom stereocenters. The molecule has 25 heavy (non-hydrogen) atoms. The summed E-state index contributed by atoms with van der Waals surface area (Å²) < 4.78 is 1.79. The van der Waals surface area contributed by atoms with E-state index in [0.29, 0.717) is 12.5 Å². The van der Waals surface area contributed by atoms with Crippen LogP contribution in [0.1, 0.15) is 44.1 Å². The van der Waals surface area contributed by atoms with Crippen LogP contribution in [0.15, 0.2) is 17.4 Å². The van der Waals surface area contributed by atoms with Crippen LogP contribution in [-0.4, -0.2) is 52.7 Å². The Kier molecular flexibility index (Phi) is 5.94. The van der Waals surface area contributed by atoms with Crippen molar-refractivity contribution >= 4 is 11.9 Å². The van der Waals surface area contributed by atoms with Crippen LogP contribution in [0.3, 0.4) is 0 Å². The number of rotatable bonds is 4. The first-order chi connectivity index (χ1) is 12.2. The summed E-state index contributed by atoms with van der Waals surface area (Å²) >= 11 is 0. The molecule has 7 heteroatoms. The molecule has 1 aromatic heterocycles. The number of nitrogens with one attached hydrogen (secondary N) is 2. The first kappa shape index (κ1) is 17.8. The maximum Gasteiger partial charge on any atom is 0.225 e. The topological polar surface area (TPSA) is 74.6 Å². The van der Waals surface area contributed by atoms with Crippen LogP contribution in [-0.2, 0) is 18.4 Å². The molecule has 7 nitrogen and oxygen atoms in total. The van der Waals surface area contributed by atoms with Gasteiger partial charge in [0.1, 0.15) is 0 Å².